The highest BCUT2D eigenvalue weighted by molar-refractivity contribution is 6.03. The first-order valence-electron chi connectivity index (χ1n) is 10.7. The number of hydrogen-bond donors (Lipinski definition) is 2. The molecule has 0 spiro atoms. The number of amides is 2. The van der Waals surface area contributed by atoms with Crippen LogP contribution in [-0.2, 0) is 11.2 Å². The Hall–Kier alpha value is -3.80. The van der Waals surface area contributed by atoms with E-state index in [1.807, 2.05) is 55.5 Å². The Kier molecular flexibility index (Phi) is 6.70. The molecule has 6 nitrogen and oxygen atoms in total. The van der Waals surface area contributed by atoms with Crippen LogP contribution in [-0.4, -0.2) is 25.0 Å². The summed E-state index contributed by atoms with van der Waals surface area (Å²) in [7, 11) is 0. The quantitative estimate of drug-likeness (QED) is 0.578. The van der Waals surface area contributed by atoms with E-state index in [-0.39, 0.29) is 24.3 Å². The Morgan fingerprint density at radius 3 is 2.44 bits per heavy atom. The van der Waals surface area contributed by atoms with E-state index in [2.05, 4.69) is 10.6 Å². The van der Waals surface area contributed by atoms with E-state index in [4.69, 9.17) is 9.47 Å². The monoisotopic (exact) mass is 430 g/mol. The van der Waals surface area contributed by atoms with Gasteiger partial charge in [-0.25, -0.2) is 0 Å². The van der Waals surface area contributed by atoms with Crippen LogP contribution in [0.5, 0.6) is 11.5 Å². The Bertz CT molecular complexity index is 1100. The van der Waals surface area contributed by atoms with E-state index < -0.39 is 0 Å². The molecule has 6 heteroatoms. The maximum Gasteiger partial charge on any atom is 0.253 e. The van der Waals surface area contributed by atoms with E-state index >= 15 is 0 Å². The molecule has 0 saturated heterocycles. The molecule has 0 aliphatic carbocycles. The fourth-order valence-electron chi connectivity index (χ4n) is 3.60. The van der Waals surface area contributed by atoms with Gasteiger partial charge < -0.3 is 20.1 Å². The number of benzene rings is 3. The number of aryl methyl sites for hydroxylation is 1. The van der Waals surface area contributed by atoms with Gasteiger partial charge >= 0.3 is 0 Å². The van der Waals surface area contributed by atoms with Crippen LogP contribution in [0.25, 0.3) is 0 Å². The van der Waals surface area contributed by atoms with Crippen molar-refractivity contribution in [2.24, 2.45) is 0 Å². The summed E-state index contributed by atoms with van der Waals surface area (Å²) in [5, 5.41) is 5.88. The lowest BCUT2D eigenvalue weighted by molar-refractivity contribution is -0.116. The summed E-state index contributed by atoms with van der Waals surface area (Å²) < 4.78 is 11.1. The van der Waals surface area contributed by atoms with E-state index in [1.54, 1.807) is 24.3 Å². The van der Waals surface area contributed by atoms with Crippen LogP contribution in [0.1, 0.15) is 40.9 Å². The minimum atomic E-state index is -0.232. The van der Waals surface area contributed by atoms with Crippen molar-refractivity contribution < 1.29 is 19.1 Å². The topological polar surface area (TPSA) is 76.7 Å². The molecule has 0 fully saturated rings. The molecule has 164 valence electrons. The van der Waals surface area contributed by atoms with Crippen LogP contribution >= 0.6 is 0 Å². The molecule has 0 bridgehead atoms. The average molecular weight is 431 g/mol. The number of para-hydroxylation sites is 1. The van der Waals surface area contributed by atoms with Gasteiger partial charge in [-0.15, -0.1) is 0 Å². The van der Waals surface area contributed by atoms with E-state index in [0.29, 0.717) is 36.6 Å². The van der Waals surface area contributed by atoms with Crippen LogP contribution in [0.4, 0.5) is 5.69 Å². The summed E-state index contributed by atoms with van der Waals surface area (Å²) in [6.07, 6.45) is 0.845. The predicted molar refractivity (Wildman–Crippen MR) is 123 cm³/mol. The van der Waals surface area contributed by atoms with Crippen molar-refractivity contribution in [1.82, 2.24) is 5.32 Å². The van der Waals surface area contributed by atoms with E-state index in [0.717, 1.165) is 16.9 Å². The minimum absolute atomic E-state index is 0.150. The highest BCUT2D eigenvalue weighted by atomic mass is 16.6. The lowest BCUT2D eigenvalue weighted by atomic mass is 10.1. The normalized spacial score (nSPS) is 13.2. The second-order valence-corrected chi connectivity index (χ2v) is 7.68. The van der Waals surface area contributed by atoms with Gasteiger partial charge in [0, 0.05) is 6.42 Å². The van der Waals surface area contributed by atoms with Crippen molar-refractivity contribution >= 4 is 17.5 Å². The molecule has 1 heterocycles. The summed E-state index contributed by atoms with van der Waals surface area (Å²) in [6.45, 7) is 3.01. The molecule has 3 aromatic carbocycles. The van der Waals surface area contributed by atoms with Crippen molar-refractivity contribution in [3.8, 4) is 11.5 Å². The SMILES string of the molecule is C[C@@H](NC(=O)c1ccccc1NC(=O)CCc1ccc2c(c1)OCCO2)c1ccccc1. The van der Waals surface area contributed by atoms with Crippen LogP contribution in [0.2, 0.25) is 0 Å². The molecule has 0 saturated carbocycles. The molecule has 32 heavy (non-hydrogen) atoms. The smallest absolute Gasteiger partial charge is 0.253 e. The first-order valence-corrected chi connectivity index (χ1v) is 10.7. The van der Waals surface area contributed by atoms with Crippen molar-refractivity contribution in [1.29, 1.82) is 0 Å². The maximum atomic E-state index is 12.9. The predicted octanol–water partition coefficient (Wildman–Crippen LogP) is 4.52. The van der Waals surface area contributed by atoms with Crippen LogP contribution < -0.4 is 20.1 Å². The third-order valence-corrected chi connectivity index (χ3v) is 5.34. The molecule has 0 unspecified atom stereocenters. The number of nitrogens with one attached hydrogen (secondary N) is 2. The highest BCUT2D eigenvalue weighted by Gasteiger charge is 2.17. The lowest BCUT2D eigenvalue weighted by Crippen LogP contribution is -2.28. The van der Waals surface area contributed by atoms with Gasteiger partial charge in [-0.3, -0.25) is 9.59 Å². The number of carbonyl (C=O) groups excluding carboxylic acids is 2. The molecule has 1 aliphatic rings. The van der Waals surface area contributed by atoms with E-state index in [1.165, 1.54) is 0 Å². The Balaban J connectivity index is 1.37. The molecule has 2 amide bonds. The zero-order valence-corrected chi connectivity index (χ0v) is 18.0. The average Bonchev–Trinajstić information content (AvgIpc) is 2.83. The van der Waals surface area contributed by atoms with Gasteiger partial charge in [0.25, 0.3) is 5.91 Å². The standard InChI is InChI=1S/C26H26N2O4/c1-18(20-7-3-2-4-8-20)27-26(30)21-9-5-6-10-22(21)28-25(29)14-12-19-11-13-23-24(17-19)32-16-15-31-23/h2-11,13,17-18H,12,14-16H2,1H3,(H,27,30)(H,28,29)/t18-/m1/s1. The summed E-state index contributed by atoms with van der Waals surface area (Å²) in [5.74, 6) is 1.05. The Labute approximate surface area is 187 Å². The first kappa shape index (κ1) is 21.4. The van der Waals surface area contributed by atoms with Crippen LogP contribution in [0, 0.1) is 0 Å². The van der Waals surface area contributed by atoms with Crippen LogP contribution in [0.15, 0.2) is 72.8 Å². The lowest BCUT2D eigenvalue weighted by Gasteiger charge is -2.19. The van der Waals surface area contributed by atoms with Gasteiger partial charge in [0.05, 0.1) is 17.3 Å². The van der Waals surface area contributed by atoms with Crippen molar-refractivity contribution in [3.05, 3.63) is 89.5 Å². The Morgan fingerprint density at radius 2 is 1.62 bits per heavy atom. The van der Waals surface area contributed by atoms with Gasteiger partial charge in [-0.2, -0.15) is 0 Å². The highest BCUT2D eigenvalue weighted by Crippen LogP contribution is 2.31. The van der Waals surface area contributed by atoms with Crippen molar-refractivity contribution in [3.63, 3.8) is 0 Å². The third-order valence-electron chi connectivity index (χ3n) is 5.34. The zero-order chi connectivity index (χ0) is 22.3. The summed E-state index contributed by atoms with van der Waals surface area (Å²) in [4.78, 5) is 25.5. The Morgan fingerprint density at radius 1 is 0.906 bits per heavy atom. The number of rotatable bonds is 7. The summed E-state index contributed by atoms with van der Waals surface area (Å²) in [5.41, 5.74) is 2.94. The fourth-order valence-corrected chi connectivity index (χ4v) is 3.60. The second kappa shape index (κ2) is 10.0. The molecule has 4 rings (SSSR count). The number of anilines is 1. The first-order chi connectivity index (χ1) is 15.6. The zero-order valence-electron chi connectivity index (χ0n) is 18.0. The third kappa shape index (κ3) is 5.27. The van der Waals surface area contributed by atoms with Gasteiger partial charge in [-0.1, -0.05) is 48.5 Å². The van der Waals surface area contributed by atoms with Crippen molar-refractivity contribution in [2.75, 3.05) is 18.5 Å². The number of hydrogen-bond acceptors (Lipinski definition) is 4. The van der Waals surface area contributed by atoms with Gasteiger partial charge in [0.15, 0.2) is 11.5 Å². The number of ether oxygens (including phenoxy) is 2. The molecule has 3 aromatic rings. The maximum absolute atomic E-state index is 12.9. The molecular formula is C26H26N2O4. The van der Waals surface area contributed by atoms with Crippen LogP contribution in [0.3, 0.4) is 0 Å². The molecular weight excluding hydrogens is 404 g/mol. The molecule has 0 aromatic heterocycles. The number of fused-ring (bicyclic) bond motifs is 1. The van der Waals surface area contributed by atoms with Gasteiger partial charge in [-0.05, 0) is 48.7 Å². The largest absolute Gasteiger partial charge is 0.486 e. The van der Waals surface area contributed by atoms with E-state index in [9.17, 15) is 9.59 Å². The molecule has 0 radical (unpaired) electrons. The van der Waals surface area contributed by atoms with Gasteiger partial charge in [0.2, 0.25) is 5.91 Å². The van der Waals surface area contributed by atoms with Gasteiger partial charge in [0.1, 0.15) is 13.2 Å². The van der Waals surface area contributed by atoms with Crippen molar-refractivity contribution in [2.45, 2.75) is 25.8 Å². The number of carbonyl (C=O) groups is 2. The molecule has 1 atom stereocenters. The minimum Gasteiger partial charge on any atom is -0.486 e. The molecule has 1 aliphatic heterocycles. The summed E-state index contributed by atoms with van der Waals surface area (Å²) in [6, 6.07) is 22.4. The molecule has 2 N–H and O–H groups in total. The fraction of sp³-hybridized carbons (Fsp3) is 0.231. The second-order valence-electron chi connectivity index (χ2n) is 7.68. The summed E-state index contributed by atoms with van der Waals surface area (Å²) >= 11 is 0.